The van der Waals surface area contributed by atoms with Gasteiger partial charge in [-0.25, -0.2) is 0 Å². The number of benzene rings is 4. The molecule has 0 spiro atoms. The van der Waals surface area contributed by atoms with E-state index in [9.17, 15) is 14.4 Å². The van der Waals surface area contributed by atoms with Crippen LogP contribution >= 0.6 is 23.2 Å². The van der Waals surface area contributed by atoms with Gasteiger partial charge in [-0.05, 0) is 53.9 Å². The number of hydrogen-bond acceptors (Lipinski definition) is 5. The zero-order chi connectivity index (χ0) is 27.0. The van der Waals surface area contributed by atoms with Crippen LogP contribution < -0.4 is 14.4 Å². The van der Waals surface area contributed by atoms with E-state index in [1.165, 1.54) is 29.0 Å². The Bertz CT molecular complexity index is 1540. The minimum atomic E-state index is -0.462. The first kappa shape index (κ1) is 25.6. The summed E-state index contributed by atoms with van der Waals surface area (Å²) < 4.78 is 10.6. The molecule has 0 radical (unpaired) electrons. The standard InChI is InChI=1S/C29H22Cl2N2O5/c1-37-20-11-9-19(10-12-20)32(29(36)23-15-18(30)16-24(31)26(23)38-2)13-14-33-27(34)21-7-3-5-17-6-4-8-22(25(17)21)28(33)35/h3-12,15-16H,13-14H2,1-2H3. The molecule has 1 aliphatic rings. The van der Waals surface area contributed by atoms with Crippen molar-refractivity contribution in [3.63, 3.8) is 0 Å². The molecule has 4 aromatic carbocycles. The predicted molar refractivity (Wildman–Crippen MR) is 147 cm³/mol. The molecule has 1 heterocycles. The predicted octanol–water partition coefficient (Wildman–Crippen LogP) is 6.11. The van der Waals surface area contributed by atoms with Gasteiger partial charge >= 0.3 is 0 Å². The number of halogens is 2. The molecule has 0 atom stereocenters. The summed E-state index contributed by atoms with van der Waals surface area (Å²) in [5, 5.41) is 1.91. The molecule has 1 aliphatic heterocycles. The lowest BCUT2D eigenvalue weighted by Gasteiger charge is -2.30. The van der Waals surface area contributed by atoms with E-state index in [2.05, 4.69) is 0 Å². The highest BCUT2D eigenvalue weighted by Crippen LogP contribution is 2.35. The zero-order valence-corrected chi connectivity index (χ0v) is 22.0. The van der Waals surface area contributed by atoms with Gasteiger partial charge in [-0.2, -0.15) is 0 Å². The molecule has 7 nitrogen and oxygen atoms in total. The van der Waals surface area contributed by atoms with Crippen molar-refractivity contribution in [1.82, 2.24) is 4.90 Å². The Morgan fingerprint density at radius 1 is 0.868 bits per heavy atom. The van der Waals surface area contributed by atoms with Crippen LogP contribution in [0.4, 0.5) is 5.69 Å². The van der Waals surface area contributed by atoms with Crippen LogP contribution in [-0.4, -0.2) is 49.9 Å². The highest BCUT2D eigenvalue weighted by Gasteiger charge is 2.33. The Labute approximate surface area is 229 Å². The van der Waals surface area contributed by atoms with E-state index in [0.717, 1.165) is 5.39 Å². The van der Waals surface area contributed by atoms with Crippen molar-refractivity contribution in [2.75, 3.05) is 32.2 Å². The average Bonchev–Trinajstić information content (AvgIpc) is 2.93. The summed E-state index contributed by atoms with van der Waals surface area (Å²) in [6, 6.07) is 20.5. The summed E-state index contributed by atoms with van der Waals surface area (Å²) in [6.07, 6.45) is 0. The summed E-state index contributed by atoms with van der Waals surface area (Å²) in [4.78, 5) is 43.3. The molecule has 0 fully saturated rings. The van der Waals surface area contributed by atoms with Crippen LogP contribution in [0.15, 0.2) is 72.8 Å². The van der Waals surface area contributed by atoms with Gasteiger partial charge in [0.25, 0.3) is 17.7 Å². The molecular formula is C29H22Cl2N2O5. The zero-order valence-electron chi connectivity index (χ0n) is 20.5. The largest absolute Gasteiger partial charge is 0.497 e. The molecule has 0 N–H and O–H groups in total. The number of anilines is 1. The molecule has 0 aliphatic carbocycles. The summed E-state index contributed by atoms with van der Waals surface area (Å²) in [5.41, 5.74) is 1.56. The molecule has 0 unspecified atom stereocenters. The maximum Gasteiger partial charge on any atom is 0.262 e. The van der Waals surface area contributed by atoms with E-state index in [4.69, 9.17) is 32.7 Å². The van der Waals surface area contributed by atoms with Crippen LogP contribution in [0.25, 0.3) is 10.8 Å². The molecule has 3 amide bonds. The maximum absolute atomic E-state index is 13.9. The third kappa shape index (κ3) is 4.44. The second-order valence-corrected chi connectivity index (χ2v) is 9.44. The van der Waals surface area contributed by atoms with E-state index < -0.39 is 17.7 Å². The van der Waals surface area contributed by atoms with Gasteiger partial charge < -0.3 is 14.4 Å². The summed E-state index contributed by atoms with van der Waals surface area (Å²) in [7, 11) is 2.95. The second-order valence-electron chi connectivity index (χ2n) is 8.59. The number of carbonyl (C=O) groups excluding carboxylic acids is 3. The number of ether oxygens (including phenoxy) is 2. The lowest BCUT2D eigenvalue weighted by atomic mass is 9.94. The number of amides is 3. The number of rotatable bonds is 7. The smallest absolute Gasteiger partial charge is 0.262 e. The van der Waals surface area contributed by atoms with E-state index in [1.54, 1.807) is 55.6 Å². The van der Waals surface area contributed by atoms with E-state index in [-0.39, 0.29) is 34.4 Å². The number of imide groups is 1. The lowest BCUT2D eigenvalue weighted by Crippen LogP contribution is -2.46. The van der Waals surface area contributed by atoms with Gasteiger partial charge in [0.2, 0.25) is 0 Å². The van der Waals surface area contributed by atoms with Crippen molar-refractivity contribution in [1.29, 1.82) is 0 Å². The van der Waals surface area contributed by atoms with Crippen LogP contribution in [-0.2, 0) is 0 Å². The number of methoxy groups -OCH3 is 2. The highest BCUT2D eigenvalue weighted by atomic mass is 35.5. The third-order valence-corrected chi connectivity index (χ3v) is 6.97. The van der Waals surface area contributed by atoms with Crippen LogP contribution in [0, 0.1) is 0 Å². The molecule has 9 heteroatoms. The summed E-state index contributed by atoms with van der Waals surface area (Å²) in [5.74, 6) is -0.508. The van der Waals surface area contributed by atoms with Crippen LogP contribution in [0.3, 0.4) is 0 Å². The van der Waals surface area contributed by atoms with Gasteiger partial charge in [-0.15, -0.1) is 0 Å². The fraction of sp³-hybridized carbons (Fsp3) is 0.138. The molecule has 0 saturated heterocycles. The Balaban J connectivity index is 1.51. The number of nitrogens with zero attached hydrogens (tertiary/aromatic N) is 2. The van der Waals surface area contributed by atoms with Gasteiger partial charge in [0, 0.05) is 40.3 Å². The lowest BCUT2D eigenvalue weighted by molar-refractivity contribution is 0.0611. The molecular weight excluding hydrogens is 527 g/mol. The SMILES string of the molecule is COc1ccc(N(CCN2C(=O)c3cccc4cccc(c34)C2=O)C(=O)c2cc(Cl)cc(Cl)c2OC)cc1. The summed E-state index contributed by atoms with van der Waals surface area (Å²) in [6.45, 7) is -0.0369. The minimum absolute atomic E-state index is 0.00801. The maximum atomic E-state index is 13.9. The molecule has 38 heavy (non-hydrogen) atoms. The molecule has 0 bridgehead atoms. The van der Waals surface area contributed by atoms with Gasteiger partial charge in [0.05, 0.1) is 24.8 Å². The van der Waals surface area contributed by atoms with Crippen molar-refractivity contribution in [2.24, 2.45) is 0 Å². The Morgan fingerprint density at radius 2 is 1.50 bits per heavy atom. The van der Waals surface area contributed by atoms with Crippen molar-refractivity contribution in [3.05, 3.63) is 99.5 Å². The second kappa shape index (κ2) is 10.4. The quantitative estimate of drug-likeness (QED) is 0.260. The van der Waals surface area contributed by atoms with Gasteiger partial charge in [-0.3, -0.25) is 19.3 Å². The fourth-order valence-corrected chi connectivity index (χ4v) is 5.24. The van der Waals surface area contributed by atoms with Crippen molar-refractivity contribution < 1.29 is 23.9 Å². The monoisotopic (exact) mass is 548 g/mol. The first-order valence-corrected chi connectivity index (χ1v) is 12.5. The van der Waals surface area contributed by atoms with Crippen molar-refractivity contribution >= 4 is 57.4 Å². The van der Waals surface area contributed by atoms with E-state index >= 15 is 0 Å². The first-order valence-electron chi connectivity index (χ1n) is 11.7. The van der Waals surface area contributed by atoms with Crippen LogP contribution in [0.2, 0.25) is 10.0 Å². The minimum Gasteiger partial charge on any atom is -0.497 e. The molecule has 5 rings (SSSR count). The molecule has 192 valence electrons. The Morgan fingerprint density at radius 3 is 2.08 bits per heavy atom. The average molecular weight is 549 g/mol. The van der Waals surface area contributed by atoms with Crippen LogP contribution in [0.5, 0.6) is 11.5 Å². The number of hydrogen-bond donors (Lipinski definition) is 0. The highest BCUT2D eigenvalue weighted by molar-refractivity contribution is 6.36. The normalized spacial score (nSPS) is 12.6. The van der Waals surface area contributed by atoms with E-state index in [1.807, 2.05) is 12.1 Å². The van der Waals surface area contributed by atoms with Crippen molar-refractivity contribution in [3.8, 4) is 11.5 Å². The Hall–Kier alpha value is -4.07. The molecule has 4 aromatic rings. The molecule has 0 saturated carbocycles. The van der Waals surface area contributed by atoms with Gasteiger partial charge in [0.1, 0.15) is 11.5 Å². The van der Waals surface area contributed by atoms with Gasteiger partial charge in [-0.1, -0.05) is 47.5 Å². The number of carbonyl (C=O) groups is 3. The van der Waals surface area contributed by atoms with Crippen LogP contribution in [0.1, 0.15) is 31.1 Å². The third-order valence-electron chi connectivity index (χ3n) is 6.48. The fourth-order valence-electron chi connectivity index (χ4n) is 4.67. The Kier molecular flexibility index (Phi) is 6.97. The summed E-state index contributed by atoms with van der Waals surface area (Å²) >= 11 is 12.5. The van der Waals surface area contributed by atoms with Gasteiger partial charge in [0.15, 0.2) is 0 Å². The molecule has 0 aromatic heterocycles. The van der Waals surface area contributed by atoms with Crippen molar-refractivity contribution in [2.45, 2.75) is 0 Å². The topological polar surface area (TPSA) is 76.2 Å². The first-order chi connectivity index (χ1) is 18.3. The van der Waals surface area contributed by atoms with E-state index in [0.29, 0.717) is 28.0 Å².